The largest absolute Gasteiger partial charge is 0.388 e. The Morgan fingerprint density at radius 2 is 1.58 bits per heavy atom. The van der Waals surface area contributed by atoms with Crippen LogP contribution < -0.4 is 10.6 Å². The molecule has 8 nitrogen and oxygen atoms in total. The monoisotopic (exact) mass is 429 g/mol. The van der Waals surface area contributed by atoms with E-state index in [4.69, 9.17) is 5.73 Å². The highest BCUT2D eigenvalue weighted by Gasteiger charge is 2.21. The quantitative estimate of drug-likeness (QED) is 0.761. The molecule has 2 heterocycles. The number of benzene rings is 1. The Labute approximate surface area is 185 Å². The molecule has 170 valence electrons. The second kappa shape index (κ2) is 11.5. The molecule has 3 rings (SSSR count). The summed E-state index contributed by atoms with van der Waals surface area (Å²) in [5.41, 5.74) is 10.7. The Bertz CT molecular complexity index is 885. The van der Waals surface area contributed by atoms with Gasteiger partial charge in [-0.25, -0.2) is 4.68 Å². The second-order valence-corrected chi connectivity index (χ2v) is 7.96. The van der Waals surface area contributed by atoms with Crippen molar-refractivity contribution in [3.05, 3.63) is 41.2 Å². The normalized spacial score (nSPS) is 13.6. The van der Waals surface area contributed by atoms with E-state index in [1.165, 1.54) is 5.56 Å². The number of rotatable bonds is 6. The van der Waals surface area contributed by atoms with E-state index in [2.05, 4.69) is 52.8 Å². The maximum Gasteiger partial charge on any atom is 0.222 e. The van der Waals surface area contributed by atoms with Crippen LogP contribution in [-0.2, 0) is 14.3 Å². The summed E-state index contributed by atoms with van der Waals surface area (Å²) in [6.45, 7) is 9.13. The maximum atomic E-state index is 12.3. The van der Waals surface area contributed by atoms with Crippen LogP contribution in [-0.4, -0.2) is 66.9 Å². The van der Waals surface area contributed by atoms with Crippen molar-refractivity contribution in [3.8, 4) is 5.69 Å². The number of hydrogen-bond donors (Lipinski definition) is 1. The molecule has 1 aliphatic heterocycles. The average molecular weight is 430 g/mol. The van der Waals surface area contributed by atoms with Gasteiger partial charge in [0.1, 0.15) is 0 Å². The fraction of sp³-hybridized carbons (Fsp3) is 0.522. The highest BCUT2D eigenvalue weighted by Crippen LogP contribution is 2.24. The molecule has 2 N–H and O–H groups in total. The number of nitrogens with zero attached hydrogens (tertiary/aromatic N) is 4. The molecule has 1 fully saturated rings. The van der Waals surface area contributed by atoms with Crippen molar-refractivity contribution in [3.63, 3.8) is 0 Å². The Kier molecular flexibility index (Phi) is 9.05. The molecule has 0 atom stereocenters. The van der Waals surface area contributed by atoms with Gasteiger partial charge < -0.3 is 20.3 Å². The predicted molar refractivity (Wildman–Crippen MR) is 123 cm³/mol. The average Bonchev–Trinajstić information content (AvgIpc) is 3.06. The van der Waals surface area contributed by atoms with Crippen LogP contribution in [0.2, 0.25) is 0 Å². The van der Waals surface area contributed by atoms with Gasteiger partial charge in [-0.1, -0.05) is 0 Å². The van der Waals surface area contributed by atoms with Crippen LogP contribution in [0, 0.1) is 20.8 Å². The third kappa shape index (κ3) is 7.10. The van der Waals surface area contributed by atoms with Crippen molar-refractivity contribution < 1.29 is 14.3 Å². The molecule has 0 unspecified atom stereocenters. The lowest BCUT2D eigenvalue weighted by Gasteiger charge is -2.36. The molecule has 1 saturated heterocycles. The summed E-state index contributed by atoms with van der Waals surface area (Å²) in [6.07, 6.45) is 1.18. The van der Waals surface area contributed by atoms with Gasteiger partial charge in [-0.3, -0.25) is 9.59 Å². The molecule has 0 aliphatic carbocycles. The van der Waals surface area contributed by atoms with E-state index in [1.54, 1.807) is 14.2 Å². The SMILES string of the molecule is COC.Cc1cc(N2CCN(C(=O)CCCC(N)=O)CC2)cc(-n2nc(C)cc2C)c1. The first-order valence-corrected chi connectivity index (χ1v) is 10.6. The van der Waals surface area contributed by atoms with Gasteiger partial charge in [0.2, 0.25) is 11.8 Å². The van der Waals surface area contributed by atoms with Crippen LogP contribution in [0.25, 0.3) is 5.69 Å². The lowest BCUT2D eigenvalue weighted by atomic mass is 10.1. The van der Waals surface area contributed by atoms with Crippen LogP contribution in [0.3, 0.4) is 0 Å². The number of ether oxygens (including phenoxy) is 1. The highest BCUT2D eigenvalue weighted by atomic mass is 16.4. The summed E-state index contributed by atoms with van der Waals surface area (Å²) in [4.78, 5) is 27.3. The highest BCUT2D eigenvalue weighted by molar-refractivity contribution is 5.78. The first-order chi connectivity index (χ1) is 14.7. The van der Waals surface area contributed by atoms with E-state index in [9.17, 15) is 9.59 Å². The van der Waals surface area contributed by atoms with Gasteiger partial charge in [-0.05, 0) is 57.0 Å². The number of methoxy groups -OCH3 is 1. The number of aryl methyl sites for hydroxylation is 3. The second-order valence-electron chi connectivity index (χ2n) is 7.96. The lowest BCUT2D eigenvalue weighted by Crippen LogP contribution is -2.48. The molecule has 31 heavy (non-hydrogen) atoms. The summed E-state index contributed by atoms with van der Waals surface area (Å²) in [5, 5.41) is 4.60. The fourth-order valence-corrected chi connectivity index (χ4v) is 3.72. The smallest absolute Gasteiger partial charge is 0.222 e. The molecule has 8 heteroatoms. The summed E-state index contributed by atoms with van der Waals surface area (Å²) in [6, 6.07) is 8.56. The van der Waals surface area contributed by atoms with Gasteiger partial charge in [0.05, 0.1) is 11.4 Å². The van der Waals surface area contributed by atoms with Crippen LogP contribution in [0.15, 0.2) is 24.3 Å². The number of amides is 2. The number of hydrogen-bond acceptors (Lipinski definition) is 5. The summed E-state index contributed by atoms with van der Waals surface area (Å²) < 4.78 is 6.23. The van der Waals surface area contributed by atoms with E-state index in [0.29, 0.717) is 25.9 Å². The van der Waals surface area contributed by atoms with Gasteiger partial charge >= 0.3 is 0 Å². The van der Waals surface area contributed by atoms with Crippen molar-refractivity contribution in [1.82, 2.24) is 14.7 Å². The third-order valence-electron chi connectivity index (χ3n) is 5.11. The number of nitrogens with two attached hydrogens (primary N) is 1. The zero-order valence-electron chi connectivity index (χ0n) is 19.4. The molecule has 2 aromatic rings. The molecule has 0 radical (unpaired) electrons. The first kappa shape index (κ1) is 24.4. The van der Waals surface area contributed by atoms with Crippen molar-refractivity contribution in [2.45, 2.75) is 40.0 Å². The third-order valence-corrected chi connectivity index (χ3v) is 5.11. The standard InChI is InChI=1S/C21H29N5O2.C2H6O/c1-15-11-18(14-19(12-15)26-17(3)13-16(2)23-26)24-7-9-25(10-8-24)21(28)6-4-5-20(22)27;1-3-2/h11-14H,4-10H2,1-3H3,(H2,22,27);1-2H3. The Morgan fingerprint density at radius 3 is 2.13 bits per heavy atom. The van der Waals surface area contributed by atoms with Crippen LogP contribution >= 0.6 is 0 Å². The van der Waals surface area contributed by atoms with Gasteiger partial charge in [0.15, 0.2) is 0 Å². The van der Waals surface area contributed by atoms with Crippen LogP contribution in [0.4, 0.5) is 5.69 Å². The topological polar surface area (TPSA) is 93.7 Å². The fourth-order valence-electron chi connectivity index (χ4n) is 3.72. The molecule has 1 aromatic carbocycles. The summed E-state index contributed by atoms with van der Waals surface area (Å²) in [5.74, 6) is -0.246. The number of anilines is 1. The van der Waals surface area contributed by atoms with Gasteiger partial charge in [0.25, 0.3) is 0 Å². The molecular formula is C23H35N5O3. The summed E-state index contributed by atoms with van der Waals surface area (Å²) in [7, 11) is 3.25. The van der Waals surface area contributed by atoms with E-state index in [1.807, 2.05) is 16.5 Å². The number of carbonyl (C=O) groups excluding carboxylic acids is 2. The minimum atomic E-state index is -0.351. The molecule has 0 bridgehead atoms. The zero-order valence-corrected chi connectivity index (χ0v) is 19.4. The van der Waals surface area contributed by atoms with Gasteiger partial charge in [-0.15, -0.1) is 0 Å². The molecule has 1 aromatic heterocycles. The minimum Gasteiger partial charge on any atom is -0.388 e. The van der Waals surface area contributed by atoms with Crippen molar-refractivity contribution >= 4 is 17.5 Å². The minimum absolute atomic E-state index is 0.105. The first-order valence-electron chi connectivity index (χ1n) is 10.6. The van der Waals surface area contributed by atoms with Gasteiger partial charge in [-0.2, -0.15) is 5.10 Å². The Hall–Kier alpha value is -2.87. The van der Waals surface area contributed by atoms with Crippen molar-refractivity contribution in [2.75, 3.05) is 45.3 Å². The number of carbonyl (C=O) groups is 2. The Morgan fingerprint density at radius 1 is 0.968 bits per heavy atom. The summed E-state index contributed by atoms with van der Waals surface area (Å²) >= 11 is 0. The number of aromatic nitrogens is 2. The Balaban J connectivity index is 0.00000107. The molecule has 0 saturated carbocycles. The lowest BCUT2D eigenvalue weighted by molar-refractivity contribution is -0.131. The van der Waals surface area contributed by atoms with Crippen molar-refractivity contribution in [1.29, 1.82) is 0 Å². The number of primary amides is 1. The van der Waals surface area contributed by atoms with Crippen molar-refractivity contribution in [2.24, 2.45) is 5.73 Å². The van der Waals surface area contributed by atoms with Gasteiger partial charge in [0, 0.05) is 64.6 Å². The van der Waals surface area contributed by atoms with Crippen LogP contribution in [0.1, 0.15) is 36.2 Å². The number of piperazine rings is 1. The maximum absolute atomic E-state index is 12.3. The molecule has 2 amide bonds. The molecule has 1 aliphatic rings. The van der Waals surface area contributed by atoms with Crippen LogP contribution in [0.5, 0.6) is 0 Å². The zero-order chi connectivity index (χ0) is 23.0. The van der Waals surface area contributed by atoms with E-state index in [0.717, 1.165) is 35.9 Å². The molecular weight excluding hydrogens is 394 g/mol. The van der Waals surface area contributed by atoms with E-state index < -0.39 is 0 Å². The van der Waals surface area contributed by atoms with E-state index in [-0.39, 0.29) is 18.2 Å². The van der Waals surface area contributed by atoms with E-state index >= 15 is 0 Å². The predicted octanol–water partition coefficient (Wildman–Crippen LogP) is 2.36. The molecule has 0 spiro atoms.